The predicted molar refractivity (Wildman–Crippen MR) is 227 cm³/mol. The van der Waals surface area contributed by atoms with E-state index in [1.807, 2.05) is 103 Å². The van der Waals surface area contributed by atoms with Crippen LogP contribution in [0.25, 0.3) is 122 Å². The molecule has 0 aliphatic rings. The average Bonchev–Trinajstić information content (AvgIpc) is 3.98. The molecule has 0 fully saturated rings. The van der Waals surface area contributed by atoms with E-state index in [1.165, 1.54) is 0 Å². The maximum absolute atomic E-state index is 6.79. The third kappa shape index (κ3) is 4.99. The number of para-hydroxylation sites is 3. The van der Waals surface area contributed by atoms with E-state index in [0.29, 0.717) is 23.1 Å². The van der Waals surface area contributed by atoms with Crippen LogP contribution < -0.4 is 0 Å². The molecule has 7 heteroatoms. The van der Waals surface area contributed by atoms with Crippen LogP contribution >= 0.6 is 0 Å². The van der Waals surface area contributed by atoms with Crippen LogP contribution in [0.1, 0.15) is 0 Å². The molecule has 0 aliphatic carbocycles. The zero-order valence-electron chi connectivity index (χ0n) is 30.2. The molecule has 0 bridgehead atoms. The number of furan rings is 3. The van der Waals surface area contributed by atoms with E-state index in [-0.39, 0.29) is 0 Å². The van der Waals surface area contributed by atoms with Crippen LogP contribution in [0.5, 0.6) is 0 Å². The molecule has 12 rings (SSSR count). The molecule has 0 spiro atoms. The first-order chi connectivity index (χ1) is 28.2. The van der Waals surface area contributed by atoms with E-state index in [1.54, 1.807) is 6.20 Å². The zero-order chi connectivity index (χ0) is 37.5. The largest absolute Gasteiger partial charge is 0.456 e. The minimum Gasteiger partial charge on any atom is -0.456 e. The fourth-order valence-corrected chi connectivity index (χ4v) is 8.22. The topological polar surface area (TPSA) is 91.0 Å². The van der Waals surface area contributed by atoms with Gasteiger partial charge in [0.05, 0.1) is 5.56 Å². The summed E-state index contributed by atoms with van der Waals surface area (Å²) in [6.45, 7) is 0. The molecule has 0 saturated heterocycles. The highest BCUT2D eigenvalue weighted by Gasteiger charge is 2.23. The first-order valence-corrected chi connectivity index (χ1v) is 18.8. The summed E-state index contributed by atoms with van der Waals surface area (Å²) < 4.78 is 19.4. The fourth-order valence-electron chi connectivity index (χ4n) is 8.22. The van der Waals surface area contributed by atoms with E-state index in [0.717, 1.165) is 99.2 Å². The van der Waals surface area contributed by atoms with Crippen molar-refractivity contribution in [2.24, 2.45) is 0 Å². The Morgan fingerprint density at radius 1 is 0.333 bits per heavy atom. The van der Waals surface area contributed by atoms with Gasteiger partial charge >= 0.3 is 0 Å². The second-order valence-electron chi connectivity index (χ2n) is 14.2. The standard InChI is InChI=1S/C50H28N4O3/c1-4-17-40-33(13-1)34-22-21-31(27-44(34)56-40)49-52-48(30-11-7-10-29(26-30)32-12-9-25-51-28-32)53-50(54-49)39-24-23-36(46-38-15-3-6-19-42(38)57-47(39)46)35-16-8-20-43-45(35)37-14-2-5-18-41(37)55-43/h1-28H. The molecule has 57 heavy (non-hydrogen) atoms. The van der Waals surface area contributed by atoms with Crippen molar-refractivity contribution in [1.82, 2.24) is 19.9 Å². The average molecular weight is 733 g/mol. The Labute approximate surface area is 324 Å². The van der Waals surface area contributed by atoms with Gasteiger partial charge in [0.2, 0.25) is 0 Å². The fraction of sp³-hybridized carbons (Fsp3) is 0. The van der Waals surface area contributed by atoms with Gasteiger partial charge in [0.1, 0.15) is 33.5 Å². The second-order valence-corrected chi connectivity index (χ2v) is 14.2. The highest BCUT2D eigenvalue weighted by Crippen LogP contribution is 2.45. The Balaban J connectivity index is 1.11. The molecular weight excluding hydrogens is 705 g/mol. The lowest BCUT2D eigenvalue weighted by Gasteiger charge is -2.12. The molecule has 0 amide bonds. The zero-order valence-corrected chi connectivity index (χ0v) is 30.2. The summed E-state index contributed by atoms with van der Waals surface area (Å²) in [4.78, 5) is 19.9. The van der Waals surface area contributed by atoms with Gasteiger partial charge in [0.15, 0.2) is 17.5 Å². The minimum atomic E-state index is 0.494. The number of benzene rings is 7. The lowest BCUT2D eigenvalue weighted by Crippen LogP contribution is -2.00. The van der Waals surface area contributed by atoms with E-state index in [2.05, 4.69) is 65.6 Å². The quantitative estimate of drug-likeness (QED) is 0.174. The predicted octanol–water partition coefficient (Wildman–Crippen LogP) is 13.3. The van der Waals surface area contributed by atoms with Crippen LogP contribution in [0.2, 0.25) is 0 Å². The number of pyridine rings is 1. The second kappa shape index (κ2) is 12.3. The van der Waals surface area contributed by atoms with E-state index in [9.17, 15) is 0 Å². The maximum Gasteiger partial charge on any atom is 0.167 e. The van der Waals surface area contributed by atoms with Crippen LogP contribution in [0.15, 0.2) is 183 Å². The van der Waals surface area contributed by atoms with Crippen LogP contribution in [0.3, 0.4) is 0 Å². The van der Waals surface area contributed by atoms with Crippen LogP contribution in [-0.2, 0) is 0 Å². The molecule has 12 aromatic rings. The maximum atomic E-state index is 6.79. The number of hydrogen-bond donors (Lipinski definition) is 0. The minimum absolute atomic E-state index is 0.494. The highest BCUT2D eigenvalue weighted by molar-refractivity contribution is 6.21. The number of hydrogen-bond acceptors (Lipinski definition) is 7. The molecule has 0 atom stereocenters. The third-order valence-electron chi connectivity index (χ3n) is 10.8. The Hall–Kier alpha value is -7.90. The normalized spacial score (nSPS) is 11.9. The van der Waals surface area contributed by atoms with Crippen molar-refractivity contribution in [2.45, 2.75) is 0 Å². The SMILES string of the molecule is c1cncc(-c2cccc(-c3nc(-c4ccc5c(c4)oc4ccccc45)nc(-c4ccc(-c5cccc6oc7ccccc7c56)c5c4oc4ccccc45)n3)c2)c1. The van der Waals surface area contributed by atoms with E-state index >= 15 is 0 Å². The van der Waals surface area contributed by atoms with Crippen molar-refractivity contribution < 1.29 is 13.3 Å². The van der Waals surface area contributed by atoms with Gasteiger partial charge in [0, 0.05) is 61.4 Å². The first-order valence-electron chi connectivity index (χ1n) is 18.8. The molecule has 7 aromatic carbocycles. The molecule has 266 valence electrons. The van der Waals surface area contributed by atoms with Crippen molar-refractivity contribution in [1.29, 1.82) is 0 Å². The summed E-state index contributed by atoms with van der Waals surface area (Å²) in [6.07, 6.45) is 3.64. The van der Waals surface area contributed by atoms with Gasteiger partial charge in [-0.1, -0.05) is 103 Å². The van der Waals surface area contributed by atoms with Crippen LogP contribution in [0, 0.1) is 0 Å². The van der Waals surface area contributed by atoms with Gasteiger partial charge in [-0.2, -0.15) is 0 Å². The monoisotopic (exact) mass is 732 g/mol. The van der Waals surface area contributed by atoms with E-state index in [4.69, 9.17) is 28.2 Å². The molecule has 5 heterocycles. The summed E-state index contributed by atoms with van der Waals surface area (Å²) in [5.74, 6) is 1.55. The Morgan fingerprint density at radius 2 is 0.912 bits per heavy atom. The van der Waals surface area contributed by atoms with Crippen LogP contribution in [0.4, 0.5) is 0 Å². The molecule has 5 aromatic heterocycles. The molecule has 0 aliphatic heterocycles. The summed E-state index contributed by atoms with van der Waals surface area (Å²) in [7, 11) is 0. The van der Waals surface area contributed by atoms with Gasteiger partial charge in [-0.3, -0.25) is 4.98 Å². The molecule has 0 saturated carbocycles. The highest BCUT2D eigenvalue weighted by atomic mass is 16.3. The van der Waals surface area contributed by atoms with Crippen molar-refractivity contribution in [3.05, 3.63) is 170 Å². The van der Waals surface area contributed by atoms with Crippen molar-refractivity contribution in [3.8, 4) is 56.4 Å². The molecular formula is C50H28N4O3. The molecule has 7 nitrogen and oxygen atoms in total. The van der Waals surface area contributed by atoms with Gasteiger partial charge in [-0.05, 0) is 71.3 Å². The summed E-state index contributed by atoms with van der Waals surface area (Å²) in [6, 6.07) is 53.2. The van der Waals surface area contributed by atoms with Gasteiger partial charge in [-0.25, -0.2) is 15.0 Å². The summed E-state index contributed by atoms with van der Waals surface area (Å²) >= 11 is 0. The third-order valence-corrected chi connectivity index (χ3v) is 10.8. The number of nitrogens with zero attached hydrogens (tertiary/aromatic N) is 4. The van der Waals surface area contributed by atoms with Crippen molar-refractivity contribution in [3.63, 3.8) is 0 Å². The molecule has 0 unspecified atom stereocenters. The van der Waals surface area contributed by atoms with E-state index < -0.39 is 0 Å². The first kappa shape index (κ1) is 31.5. The van der Waals surface area contributed by atoms with Gasteiger partial charge in [0.25, 0.3) is 0 Å². The van der Waals surface area contributed by atoms with Crippen molar-refractivity contribution >= 4 is 65.8 Å². The lowest BCUT2D eigenvalue weighted by atomic mass is 9.94. The summed E-state index contributed by atoms with van der Waals surface area (Å²) in [5.41, 5.74) is 11.3. The van der Waals surface area contributed by atoms with Crippen molar-refractivity contribution in [2.75, 3.05) is 0 Å². The number of fused-ring (bicyclic) bond motifs is 9. The van der Waals surface area contributed by atoms with Gasteiger partial charge < -0.3 is 13.3 Å². The molecule has 0 radical (unpaired) electrons. The molecule has 0 N–H and O–H groups in total. The smallest absolute Gasteiger partial charge is 0.167 e. The lowest BCUT2D eigenvalue weighted by molar-refractivity contribution is 0.668. The Kier molecular flexibility index (Phi) is 6.79. The number of aromatic nitrogens is 4. The van der Waals surface area contributed by atoms with Gasteiger partial charge in [-0.15, -0.1) is 0 Å². The summed E-state index contributed by atoms with van der Waals surface area (Å²) in [5, 5.41) is 6.21. The Bertz CT molecular complexity index is 3540. The Morgan fingerprint density at radius 3 is 1.72 bits per heavy atom. The van der Waals surface area contributed by atoms with Crippen LogP contribution in [-0.4, -0.2) is 19.9 Å². The number of rotatable bonds is 5.